The Kier molecular flexibility index (Phi) is 7.55. The molecule has 29 heavy (non-hydrogen) atoms. The number of pyridine rings is 1. The Hall–Kier alpha value is -2.50. The van der Waals surface area contributed by atoms with Crippen LogP contribution in [0.4, 0.5) is 11.4 Å². The highest BCUT2D eigenvalue weighted by atomic mass is 35.5. The molecule has 154 valence electrons. The van der Waals surface area contributed by atoms with E-state index in [0.717, 1.165) is 67.0 Å². The minimum Gasteiger partial charge on any atom is -0.508 e. The highest BCUT2D eigenvalue weighted by Crippen LogP contribution is 2.25. The summed E-state index contributed by atoms with van der Waals surface area (Å²) in [5.74, 6) is 0.309. The minimum absolute atomic E-state index is 0.309. The van der Waals surface area contributed by atoms with Crippen LogP contribution in [0, 0.1) is 0 Å². The zero-order valence-electron chi connectivity index (χ0n) is 17.1. The van der Waals surface area contributed by atoms with Gasteiger partial charge in [-0.1, -0.05) is 25.4 Å². The molecule has 0 saturated heterocycles. The monoisotopic (exact) mass is 412 g/mol. The Morgan fingerprint density at radius 2 is 1.72 bits per heavy atom. The number of phenolic OH excluding ortho intramolecular Hbond substituents is 1. The van der Waals surface area contributed by atoms with Crippen molar-refractivity contribution in [3.63, 3.8) is 0 Å². The molecule has 0 saturated carbocycles. The molecule has 0 aliphatic rings. The maximum atomic E-state index is 9.87. The average Bonchev–Trinajstić information content (AvgIpc) is 2.72. The fourth-order valence-corrected chi connectivity index (χ4v) is 3.55. The number of hydrogen-bond donors (Lipinski definition) is 3. The van der Waals surface area contributed by atoms with Crippen LogP contribution in [0.1, 0.15) is 25.8 Å². The lowest BCUT2D eigenvalue weighted by molar-refractivity contribution is 0.296. The predicted molar refractivity (Wildman–Crippen MR) is 123 cm³/mol. The van der Waals surface area contributed by atoms with E-state index in [2.05, 4.69) is 34.4 Å². The molecule has 3 aromatic rings. The lowest BCUT2D eigenvalue weighted by Gasteiger charge is -2.21. The molecule has 3 rings (SSSR count). The average molecular weight is 413 g/mol. The van der Waals surface area contributed by atoms with E-state index in [1.54, 1.807) is 12.3 Å². The van der Waals surface area contributed by atoms with Gasteiger partial charge < -0.3 is 15.7 Å². The third kappa shape index (κ3) is 5.75. The summed E-state index contributed by atoms with van der Waals surface area (Å²) in [5, 5.41) is 18.6. The van der Waals surface area contributed by atoms with Gasteiger partial charge in [0.2, 0.25) is 0 Å². The number of rotatable bonds is 10. The quantitative estimate of drug-likeness (QED) is 0.309. The molecule has 2 aromatic carbocycles. The number of nitrogens with one attached hydrogen (secondary N) is 2. The normalized spacial score (nSPS) is 11.2. The molecule has 0 amide bonds. The summed E-state index contributed by atoms with van der Waals surface area (Å²) >= 11 is 6.06. The van der Waals surface area contributed by atoms with Crippen molar-refractivity contribution < 1.29 is 5.11 Å². The molecule has 0 aliphatic carbocycles. The maximum absolute atomic E-state index is 9.87. The lowest BCUT2D eigenvalue weighted by Crippen LogP contribution is -2.23. The van der Waals surface area contributed by atoms with Crippen molar-refractivity contribution in [2.24, 2.45) is 0 Å². The predicted octanol–water partition coefficient (Wildman–Crippen LogP) is 5.35. The van der Waals surface area contributed by atoms with Crippen LogP contribution in [-0.2, 0) is 6.54 Å². The number of halogens is 1. The molecule has 6 heteroatoms. The van der Waals surface area contributed by atoms with Gasteiger partial charge in [0.1, 0.15) is 5.75 Å². The van der Waals surface area contributed by atoms with E-state index >= 15 is 0 Å². The van der Waals surface area contributed by atoms with Crippen molar-refractivity contribution in [3.8, 4) is 5.75 Å². The number of benzene rings is 2. The molecule has 0 aliphatic heterocycles. The van der Waals surface area contributed by atoms with Gasteiger partial charge in [0.05, 0.1) is 5.52 Å². The van der Waals surface area contributed by atoms with Crippen LogP contribution >= 0.6 is 11.6 Å². The zero-order valence-corrected chi connectivity index (χ0v) is 17.8. The van der Waals surface area contributed by atoms with E-state index in [9.17, 15) is 5.11 Å². The second-order valence-electron chi connectivity index (χ2n) is 7.03. The first kappa shape index (κ1) is 21.2. The molecule has 0 spiro atoms. The van der Waals surface area contributed by atoms with Crippen molar-refractivity contribution >= 4 is 33.9 Å². The van der Waals surface area contributed by atoms with E-state index in [1.165, 1.54) is 0 Å². The summed E-state index contributed by atoms with van der Waals surface area (Å²) < 4.78 is 0. The summed E-state index contributed by atoms with van der Waals surface area (Å²) in [6, 6.07) is 13.3. The van der Waals surface area contributed by atoms with Gasteiger partial charge in [-0.25, -0.2) is 0 Å². The van der Waals surface area contributed by atoms with Crippen molar-refractivity contribution in [1.29, 1.82) is 0 Å². The molecule has 1 heterocycles. The van der Waals surface area contributed by atoms with Crippen LogP contribution in [0.3, 0.4) is 0 Å². The Morgan fingerprint density at radius 1 is 0.966 bits per heavy atom. The van der Waals surface area contributed by atoms with Gasteiger partial charge in [-0.05, 0) is 67.5 Å². The van der Waals surface area contributed by atoms with E-state index in [4.69, 9.17) is 11.6 Å². The molecular formula is C23H29ClN4O. The van der Waals surface area contributed by atoms with Crippen LogP contribution in [0.25, 0.3) is 10.9 Å². The number of aromatic nitrogens is 1. The van der Waals surface area contributed by atoms with Crippen LogP contribution < -0.4 is 10.6 Å². The highest BCUT2D eigenvalue weighted by Gasteiger charge is 2.08. The third-order valence-electron chi connectivity index (χ3n) is 5.07. The van der Waals surface area contributed by atoms with Crippen molar-refractivity contribution in [1.82, 2.24) is 9.88 Å². The van der Waals surface area contributed by atoms with Gasteiger partial charge in [-0.15, -0.1) is 0 Å². The molecule has 0 bridgehead atoms. The largest absolute Gasteiger partial charge is 0.508 e. The molecule has 1 aromatic heterocycles. The fourth-order valence-electron chi connectivity index (χ4n) is 3.38. The number of fused-ring (bicyclic) bond motifs is 1. The summed E-state index contributed by atoms with van der Waals surface area (Å²) in [5.41, 5.74) is 4.17. The molecular weight excluding hydrogens is 384 g/mol. The number of phenols is 1. The Balaban J connectivity index is 1.55. The van der Waals surface area contributed by atoms with Gasteiger partial charge in [0.25, 0.3) is 0 Å². The minimum atomic E-state index is 0.309. The Bertz CT molecular complexity index is 943. The van der Waals surface area contributed by atoms with E-state index in [0.29, 0.717) is 10.8 Å². The summed E-state index contributed by atoms with van der Waals surface area (Å²) in [6.07, 6.45) is 2.76. The summed E-state index contributed by atoms with van der Waals surface area (Å²) in [7, 11) is 0. The third-order valence-corrected chi connectivity index (χ3v) is 5.30. The Labute approximate surface area is 177 Å². The van der Waals surface area contributed by atoms with Gasteiger partial charge in [0, 0.05) is 47.6 Å². The second kappa shape index (κ2) is 10.3. The number of aromatic hydroxyl groups is 1. The van der Waals surface area contributed by atoms with Gasteiger partial charge in [-0.2, -0.15) is 0 Å². The fraction of sp³-hybridized carbons (Fsp3) is 0.348. The molecule has 5 nitrogen and oxygen atoms in total. The van der Waals surface area contributed by atoms with Crippen molar-refractivity contribution in [3.05, 3.63) is 59.2 Å². The topological polar surface area (TPSA) is 60.4 Å². The standard InChI is InChI=1S/C23H29ClN4O/c1-3-28(4-2)16-17-14-19(29)7-9-21(17)25-11-5-12-26-22-10-13-27-23-15-18(24)6-8-20(22)23/h6-10,13-15,25,29H,3-5,11-12,16H2,1-2H3,(H,26,27). The summed E-state index contributed by atoms with van der Waals surface area (Å²) in [6.45, 7) is 8.80. The molecule has 0 fully saturated rings. The second-order valence-corrected chi connectivity index (χ2v) is 7.47. The number of anilines is 2. The van der Waals surface area contributed by atoms with Gasteiger partial charge in [-0.3, -0.25) is 9.88 Å². The van der Waals surface area contributed by atoms with Crippen LogP contribution in [0.2, 0.25) is 5.02 Å². The van der Waals surface area contributed by atoms with Crippen molar-refractivity contribution in [2.75, 3.05) is 36.8 Å². The molecule has 0 radical (unpaired) electrons. The van der Waals surface area contributed by atoms with E-state index in [-0.39, 0.29) is 0 Å². The first-order chi connectivity index (χ1) is 14.1. The number of nitrogens with zero attached hydrogens (tertiary/aromatic N) is 2. The molecule has 3 N–H and O–H groups in total. The lowest BCUT2D eigenvalue weighted by atomic mass is 10.1. The van der Waals surface area contributed by atoms with E-state index in [1.807, 2.05) is 36.4 Å². The summed E-state index contributed by atoms with van der Waals surface area (Å²) in [4.78, 5) is 6.72. The highest BCUT2D eigenvalue weighted by molar-refractivity contribution is 6.31. The first-order valence-corrected chi connectivity index (χ1v) is 10.5. The number of hydrogen-bond acceptors (Lipinski definition) is 5. The van der Waals surface area contributed by atoms with Crippen LogP contribution in [0.5, 0.6) is 5.75 Å². The van der Waals surface area contributed by atoms with Gasteiger partial charge in [0.15, 0.2) is 0 Å². The smallest absolute Gasteiger partial charge is 0.116 e. The molecule has 0 unspecified atom stereocenters. The van der Waals surface area contributed by atoms with Crippen LogP contribution in [-0.4, -0.2) is 41.2 Å². The van der Waals surface area contributed by atoms with Gasteiger partial charge >= 0.3 is 0 Å². The maximum Gasteiger partial charge on any atom is 0.116 e. The molecule has 0 atom stereocenters. The van der Waals surface area contributed by atoms with E-state index < -0.39 is 0 Å². The SMILES string of the molecule is CCN(CC)Cc1cc(O)ccc1NCCCNc1ccnc2cc(Cl)ccc12. The van der Waals surface area contributed by atoms with Crippen molar-refractivity contribution in [2.45, 2.75) is 26.8 Å². The Morgan fingerprint density at radius 3 is 2.48 bits per heavy atom. The van der Waals surface area contributed by atoms with Crippen LogP contribution in [0.15, 0.2) is 48.7 Å². The first-order valence-electron chi connectivity index (χ1n) is 10.2. The zero-order chi connectivity index (χ0) is 20.6.